The van der Waals surface area contributed by atoms with Crippen LogP contribution in [0.5, 0.6) is 5.75 Å². The van der Waals surface area contributed by atoms with Crippen LogP contribution in [-0.4, -0.2) is 16.0 Å². The van der Waals surface area contributed by atoms with Crippen molar-refractivity contribution in [2.45, 2.75) is 6.42 Å². The summed E-state index contributed by atoms with van der Waals surface area (Å²) < 4.78 is 13.0. The van der Waals surface area contributed by atoms with Gasteiger partial charge in [0.2, 0.25) is 0 Å². The van der Waals surface area contributed by atoms with E-state index in [0.717, 1.165) is 10.4 Å². The first-order valence-electron chi connectivity index (χ1n) is 7.95. The van der Waals surface area contributed by atoms with Gasteiger partial charge in [-0.05, 0) is 41.5 Å². The third kappa shape index (κ3) is 5.00. The molecule has 5 nitrogen and oxygen atoms in total. The van der Waals surface area contributed by atoms with Crippen LogP contribution >= 0.6 is 11.3 Å². The Bertz CT molecular complexity index is 1020. The van der Waals surface area contributed by atoms with Crippen LogP contribution < -0.4 is 5.32 Å². The van der Waals surface area contributed by atoms with Gasteiger partial charge in [0.05, 0.1) is 0 Å². The summed E-state index contributed by atoms with van der Waals surface area (Å²) in [5.41, 5.74) is 1.48. The number of phenols is 1. The lowest BCUT2D eigenvalue weighted by atomic mass is 10.1. The van der Waals surface area contributed by atoms with Gasteiger partial charge in [-0.1, -0.05) is 24.3 Å². The van der Waals surface area contributed by atoms with Crippen molar-refractivity contribution < 1.29 is 14.3 Å². The lowest BCUT2D eigenvalue weighted by Crippen LogP contribution is -2.13. The molecule has 0 aliphatic rings. The molecule has 3 aromatic rings. The van der Waals surface area contributed by atoms with Crippen molar-refractivity contribution in [3.8, 4) is 11.8 Å². The van der Waals surface area contributed by atoms with Crippen LogP contribution in [0.4, 0.5) is 9.52 Å². The van der Waals surface area contributed by atoms with Crippen LogP contribution in [0.15, 0.2) is 60.3 Å². The van der Waals surface area contributed by atoms with E-state index in [4.69, 9.17) is 0 Å². The Kier molecular flexibility index (Phi) is 5.59. The van der Waals surface area contributed by atoms with Crippen molar-refractivity contribution in [2.75, 3.05) is 5.32 Å². The average molecular weight is 379 g/mol. The number of thiazole rings is 1. The van der Waals surface area contributed by atoms with E-state index in [1.54, 1.807) is 30.5 Å². The van der Waals surface area contributed by atoms with Crippen LogP contribution in [-0.2, 0) is 11.2 Å². The van der Waals surface area contributed by atoms with E-state index in [2.05, 4.69) is 10.3 Å². The molecule has 0 aliphatic carbocycles. The molecule has 27 heavy (non-hydrogen) atoms. The number of nitrogens with one attached hydrogen (secondary N) is 1. The normalized spacial score (nSPS) is 11.0. The quantitative estimate of drug-likeness (QED) is 0.516. The summed E-state index contributed by atoms with van der Waals surface area (Å²) in [5.74, 6) is -0.750. The number of amides is 1. The number of nitriles is 1. The molecule has 0 radical (unpaired) electrons. The number of benzene rings is 2. The molecule has 0 saturated carbocycles. The second kappa shape index (κ2) is 8.25. The number of anilines is 1. The molecule has 1 heterocycles. The zero-order chi connectivity index (χ0) is 19.2. The molecule has 0 fully saturated rings. The highest BCUT2D eigenvalue weighted by Gasteiger charge is 2.12. The summed E-state index contributed by atoms with van der Waals surface area (Å²) >= 11 is 1.29. The Labute approximate surface area is 159 Å². The maximum atomic E-state index is 13.0. The second-order valence-corrected chi connectivity index (χ2v) is 6.77. The SMILES string of the molecule is N#C/C(=C\c1ccc(O)cc1)C(=O)Nc1ncc(Cc2ccc(F)cc2)s1. The number of phenolic OH excluding ortho intramolecular Hbond substituents is 1. The van der Waals surface area contributed by atoms with E-state index in [9.17, 15) is 19.6 Å². The Morgan fingerprint density at radius 1 is 1.22 bits per heavy atom. The molecule has 0 bridgehead atoms. The summed E-state index contributed by atoms with van der Waals surface area (Å²) in [6.07, 6.45) is 3.64. The van der Waals surface area contributed by atoms with E-state index < -0.39 is 5.91 Å². The number of carbonyl (C=O) groups excluding carboxylic acids is 1. The lowest BCUT2D eigenvalue weighted by molar-refractivity contribution is -0.112. The van der Waals surface area contributed by atoms with Gasteiger partial charge in [-0.3, -0.25) is 10.1 Å². The monoisotopic (exact) mass is 379 g/mol. The predicted molar refractivity (Wildman–Crippen MR) is 102 cm³/mol. The van der Waals surface area contributed by atoms with E-state index in [-0.39, 0.29) is 17.1 Å². The van der Waals surface area contributed by atoms with Gasteiger partial charge in [-0.2, -0.15) is 5.26 Å². The number of aromatic hydroxyl groups is 1. The van der Waals surface area contributed by atoms with Gasteiger partial charge in [-0.15, -0.1) is 11.3 Å². The molecule has 134 valence electrons. The van der Waals surface area contributed by atoms with Crippen molar-refractivity contribution in [1.29, 1.82) is 5.26 Å². The van der Waals surface area contributed by atoms with Gasteiger partial charge >= 0.3 is 0 Å². The number of nitrogens with zero attached hydrogens (tertiary/aromatic N) is 2. The first-order chi connectivity index (χ1) is 13.0. The van der Waals surface area contributed by atoms with Crippen molar-refractivity contribution in [2.24, 2.45) is 0 Å². The first kappa shape index (κ1) is 18.3. The Morgan fingerprint density at radius 2 is 1.93 bits per heavy atom. The standard InChI is InChI=1S/C20H14FN3O2S/c21-16-5-1-14(2-6-16)10-18-12-23-20(27-18)24-19(26)15(11-22)9-13-3-7-17(25)8-4-13/h1-9,12,25H,10H2,(H,23,24,26)/b15-9+. The van der Waals surface area contributed by atoms with E-state index in [1.807, 2.05) is 6.07 Å². The minimum absolute atomic E-state index is 0.0732. The summed E-state index contributed by atoms with van der Waals surface area (Å²) in [7, 11) is 0. The number of hydrogen-bond acceptors (Lipinski definition) is 5. The predicted octanol–water partition coefficient (Wildman–Crippen LogP) is 4.12. The van der Waals surface area contributed by atoms with Crippen LogP contribution in [0.3, 0.4) is 0 Å². The van der Waals surface area contributed by atoms with Gasteiger partial charge in [0.1, 0.15) is 23.2 Å². The van der Waals surface area contributed by atoms with E-state index in [0.29, 0.717) is 17.1 Å². The first-order valence-corrected chi connectivity index (χ1v) is 8.76. The summed E-state index contributed by atoms with van der Waals surface area (Å²) in [4.78, 5) is 17.3. The molecule has 0 spiro atoms. The number of carbonyl (C=O) groups is 1. The number of aromatic nitrogens is 1. The topological polar surface area (TPSA) is 86.0 Å². The third-order valence-corrected chi connectivity index (χ3v) is 4.55. The summed E-state index contributed by atoms with van der Waals surface area (Å²) in [6, 6.07) is 14.2. The van der Waals surface area contributed by atoms with Gasteiger partial charge in [0, 0.05) is 17.5 Å². The van der Waals surface area contributed by atoms with Crippen molar-refractivity contribution >= 4 is 28.5 Å². The van der Waals surface area contributed by atoms with Crippen LogP contribution in [0.1, 0.15) is 16.0 Å². The third-order valence-electron chi connectivity index (χ3n) is 3.63. The molecule has 3 rings (SSSR count). The molecule has 0 aliphatic heterocycles. The maximum Gasteiger partial charge on any atom is 0.268 e. The number of halogens is 1. The van der Waals surface area contributed by atoms with Gasteiger partial charge in [-0.25, -0.2) is 9.37 Å². The van der Waals surface area contributed by atoms with E-state index >= 15 is 0 Å². The number of hydrogen-bond donors (Lipinski definition) is 2. The zero-order valence-electron chi connectivity index (χ0n) is 14.0. The fraction of sp³-hybridized carbons (Fsp3) is 0.0500. The highest BCUT2D eigenvalue weighted by Crippen LogP contribution is 2.22. The highest BCUT2D eigenvalue weighted by atomic mass is 32.1. The zero-order valence-corrected chi connectivity index (χ0v) is 14.8. The minimum Gasteiger partial charge on any atom is -0.508 e. The largest absolute Gasteiger partial charge is 0.508 e. The minimum atomic E-state index is -0.562. The molecule has 1 amide bonds. The smallest absolute Gasteiger partial charge is 0.268 e. The summed E-state index contributed by atoms with van der Waals surface area (Å²) in [6.45, 7) is 0. The van der Waals surface area contributed by atoms with Crippen molar-refractivity contribution in [3.63, 3.8) is 0 Å². The average Bonchev–Trinajstić information content (AvgIpc) is 3.10. The molecule has 2 N–H and O–H groups in total. The fourth-order valence-corrected chi connectivity index (χ4v) is 3.14. The van der Waals surface area contributed by atoms with E-state index in [1.165, 1.54) is 41.7 Å². The Balaban J connectivity index is 1.68. The Hall–Kier alpha value is -3.50. The molecule has 2 aromatic carbocycles. The molecule has 7 heteroatoms. The molecule has 0 unspecified atom stereocenters. The molecule has 0 atom stereocenters. The molecule has 0 saturated heterocycles. The van der Waals surface area contributed by atoms with Crippen LogP contribution in [0.2, 0.25) is 0 Å². The highest BCUT2D eigenvalue weighted by molar-refractivity contribution is 7.15. The molecular formula is C20H14FN3O2S. The second-order valence-electron chi connectivity index (χ2n) is 5.65. The fourth-order valence-electron chi connectivity index (χ4n) is 2.30. The maximum absolute atomic E-state index is 13.0. The van der Waals surface area contributed by atoms with Crippen molar-refractivity contribution in [3.05, 3.63) is 82.1 Å². The van der Waals surface area contributed by atoms with Gasteiger partial charge < -0.3 is 5.11 Å². The molecule has 1 aromatic heterocycles. The van der Waals surface area contributed by atoms with Crippen molar-refractivity contribution in [1.82, 2.24) is 4.98 Å². The lowest BCUT2D eigenvalue weighted by Gasteiger charge is -2.01. The van der Waals surface area contributed by atoms with Gasteiger partial charge in [0.25, 0.3) is 5.91 Å². The van der Waals surface area contributed by atoms with Crippen LogP contribution in [0, 0.1) is 17.1 Å². The van der Waals surface area contributed by atoms with Gasteiger partial charge in [0.15, 0.2) is 5.13 Å². The van der Waals surface area contributed by atoms with Crippen LogP contribution in [0.25, 0.3) is 6.08 Å². The molecular weight excluding hydrogens is 365 g/mol. The number of rotatable bonds is 5. The summed E-state index contributed by atoms with van der Waals surface area (Å²) in [5, 5.41) is 21.5. The Morgan fingerprint density at radius 3 is 2.59 bits per heavy atom.